The van der Waals surface area contributed by atoms with Crippen molar-refractivity contribution >= 4 is 21.5 Å². The van der Waals surface area contributed by atoms with Crippen molar-refractivity contribution < 1.29 is 8.42 Å². The van der Waals surface area contributed by atoms with Crippen LogP contribution in [0.1, 0.15) is 44.1 Å². The van der Waals surface area contributed by atoms with Crippen LogP contribution < -0.4 is 10.0 Å². The lowest BCUT2D eigenvalue weighted by atomic mass is 10.1. The lowest BCUT2D eigenvalue weighted by Gasteiger charge is -2.17. The SMILES string of the molecule is Cc1ccccc1S(=O)(=O)Nc1ccc(NC2CCCCCC2)nc1. The van der Waals surface area contributed by atoms with Gasteiger partial charge in [0, 0.05) is 6.04 Å². The Kier molecular flexibility index (Phi) is 5.58. The molecule has 0 bridgehead atoms. The Morgan fingerprint density at radius 1 is 1.00 bits per heavy atom. The lowest BCUT2D eigenvalue weighted by molar-refractivity contribution is 0.600. The fourth-order valence-corrected chi connectivity index (χ4v) is 4.53. The van der Waals surface area contributed by atoms with Gasteiger partial charge in [-0.3, -0.25) is 4.72 Å². The van der Waals surface area contributed by atoms with E-state index in [0.717, 1.165) is 11.4 Å². The fourth-order valence-electron chi connectivity index (χ4n) is 3.24. The van der Waals surface area contributed by atoms with Crippen LogP contribution in [0.5, 0.6) is 0 Å². The molecule has 2 aromatic rings. The van der Waals surface area contributed by atoms with Crippen LogP contribution in [-0.2, 0) is 10.0 Å². The van der Waals surface area contributed by atoms with Crippen LogP contribution in [0, 0.1) is 6.92 Å². The summed E-state index contributed by atoms with van der Waals surface area (Å²) in [6.07, 6.45) is 9.04. The van der Waals surface area contributed by atoms with Crippen molar-refractivity contribution in [2.45, 2.75) is 56.4 Å². The Bertz CT molecular complexity index is 796. The Hall–Kier alpha value is -2.08. The summed E-state index contributed by atoms with van der Waals surface area (Å²) in [5.41, 5.74) is 1.18. The van der Waals surface area contributed by atoms with Gasteiger partial charge in [0.1, 0.15) is 5.82 Å². The van der Waals surface area contributed by atoms with Crippen molar-refractivity contribution in [2.75, 3.05) is 10.0 Å². The van der Waals surface area contributed by atoms with E-state index in [1.54, 1.807) is 37.4 Å². The number of anilines is 2. The molecule has 0 atom stereocenters. The number of pyridine rings is 1. The van der Waals surface area contributed by atoms with Gasteiger partial charge in [-0.15, -0.1) is 0 Å². The summed E-state index contributed by atoms with van der Waals surface area (Å²) in [4.78, 5) is 4.65. The summed E-state index contributed by atoms with van der Waals surface area (Å²) in [6, 6.07) is 11.0. The quantitative estimate of drug-likeness (QED) is 0.780. The Balaban J connectivity index is 1.67. The van der Waals surface area contributed by atoms with Gasteiger partial charge in [-0.2, -0.15) is 0 Å². The third-order valence-electron chi connectivity index (χ3n) is 4.61. The first-order chi connectivity index (χ1) is 12.0. The van der Waals surface area contributed by atoms with Gasteiger partial charge in [0.15, 0.2) is 0 Å². The zero-order valence-corrected chi connectivity index (χ0v) is 15.3. The molecule has 0 saturated heterocycles. The first kappa shape index (κ1) is 17.7. The van der Waals surface area contributed by atoms with Gasteiger partial charge in [0.2, 0.25) is 0 Å². The van der Waals surface area contributed by atoms with Crippen LogP contribution in [0.4, 0.5) is 11.5 Å². The third kappa shape index (κ3) is 4.72. The molecular formula is C19H25N3O2S. The van der Waals surface area contributed by atoms with Crippen LogP contribution in [-0.4, -0.2) is 19.4 Å². The molecule has 6 heteroatoms. The first-order valence-corrected chi connectivity index (χ1v) is 10.3. The van der Waals surface area contributed by atoms with Crippen LogP contribution >= 0.6 is 0 Å². The highest BCUT2D eigenvalue weighted by atomic mass is 32.2. The van der Waals surface area contributed by atoms with Gasteiger partial charge in [-0.25, -0.2) is 13.4 Å². The van der Waals surface area contributed by atoms with E-state index in [2.05, 4.69) is 15.0 Å². The number of aryl methyl sites for hydroxylation is 1. The molecule has 0 amide bonds. The topological polar surface area (TPSA) is 71.1 Å². The molecule has 1 aromatic heterocycles. The maximum absolute atomic E-state index is 12.5. The molecule has 3 rings (SSSR count). The summed E-state index contributed by atoms with van der Waals surface area (Å²) >= 11 is 0. The van der Waals surface area contributed by atoms with Crippen LogP contribution in [0.25, 0.3) is 0 Å². The van der Waals surface area contributed by atoms with Gasteiger partial charge < -0.3 is 5.32 Å². The smallest absolute Gasteiger partial charge is 0.262 e. The largest absolute Gasteiger partial charge is 0.367 e. The second-order valence-corrected chi connectivity index (χ2v) is 8.29. The molecule has 0 aliphatic heterocycles. The second kappa shape index (κ2) is 7.87. The number of aromatic nitrogens is 1. The monoisotopic (exact) mass is 359 g/mol. The molecule has 1 aliphatic carbocycles. The van der Waals surface area contributed by atoms with Crippen LogP contribution in [0.15, 0.2) is 47.5 Å². The first-order valence-electron chi connectivity index (χ1n) is 8.86. The number of rotatable bonds is 5. The second-order valence-electron chi connectivity index (χ2n) is 6.64. The predicted molar refractivity (Wildman–Crippen MR) is 101 cm³/mol. The van der Waals surface area contributed by atoms with Gasteiger partial charge in [0.25, 0.3) is 10.0 Å². The van der Waals surface area contributed by atoms with Crippen molar-refractivity contribution in [3.05, 3.63) is 48.2 Å². The summed E-state index contributed by atoms with van der Waals surface area (Å²) in [5.74, 6) is 0.797. The third-order valence-corrected chi connectivity index (χ3v) is 6.15. The van der Waals surface area contributed by atoms with Crippen LogP contribution in [0.3, 0.4) is 0 Å². The molecule has 0 unspecified atom stereocenters. The van der Waals surface area contributed by atoms with E-state index < -0.39 is 10.0 Å². The number of hydrogen-bond acceptors (Lipinski definition) is 4. The number of nitrogens with one attached hydrogen (secondary N) is 2. The minimum atomic E-state index is -3.60. The van der Waals surface area contributed by atoms with Crippen molar-refractivity contribution in [2.24, 2.45) is 0 Å². The maximum Gasteiger partial charge on any atom is 0.262 e. The van der Waals surface area contributed by atoms with Gasteiger partial charge in [0.05, 0.1) is 16.8 Å². The normalized spacial score (nSPS) is 16.2. The molecule has 0 spiro atoms. The molecule has 1 aliphatic rings. The van der Waals surface area contributed by atoms with E-state index in [1.807, 2.05) is 12.1 Å². The summed E-state index contributed by atoms with van der Waals surface area (Å²) in [5, 5.41) is 3.46. The maximum atomic E-state index is 12.5. The molecule has 25 heavy (non-hydrogen) atoms. The minimum absolute atomic E-state index is 0.288. The van der Waals surface area contributed by atoms with Crippen molar-refractivity contribution in [1.29, 1.82) is 0 Å². The van der Waals surface area contributed by atoms with Gasteiger partial charge >= 0.3 is 0 Å². The standard InChI is InChI=1S/C19H25N3O2S/c1-15-8-6-7-11-18(15)25(23,24)22-17-12-13-19(20-14-17)21-16-9-4-2-3-5-10-16/h6-8,11-14,16,22H,2-5,9-10H2,1H3,(H,20,21). The van der Waals surface area contributed by atoms with Gasteiger partial charge in [-0.05, 0) is 43.5 Å². The zero-order chi connectivity index (χ0) is 17.7. The molecule has 2 N–H and O–H groups in total. The predicted octanol–water partition coefficient (Wildman–Crippen LogP) is 4.33. The number of nitrogens with zero attached hydrogens (tertiary/aromatic N) is 1. The Morgan fingerprint density at radius 2 is 1.72 bits per heavy atom. The fraction of sp³-hybridized carbons (Fsp3) is 0.421. The zero-order valence-electron chi connectivity index (χ0n) is 14.5. The highest BCUT2D eigenvalue weighted by Crippen LogP contribution is 2.22. The van der Waals surface area contributed by atoms with E-state index in [-0.39, 0.29) is 4.90 Å². The Labute approximate surface area is 149 Å². The summed E-state index contributed by atoms with van der Waals surface area (Å²) < 4.78 is 27.6. The molecule has 5 nitrogen and oxygen atoms in total. The molecular weight excluding hydrogens is 334 g/mol. The molecule has 134 valence electrons. The average Bonchev–Trinajstić information content (AvgIpc) is 2.85. The van der Waals surface area contributed by atoms with Crippen LogP contribution in [0.2, 0.25) is 0 Å². The van der Waals surface area contributed by atoms with Gasteiger partial charge in [-0.1, -0.05) is 43.9 Å². The van der Waals surface area contributed by atoms with E-state index in [9.17, 15) is 8.42 Å². The van der Waals surface area contributed by atoms with E-state index in [4.69, 9.17) is 0 Å². The molecule has 1 heterocycles. The minimum Gasteiger partial charge on any atom is -0.367 e. The van der Waals surface area contributed by atoms with E-state index >= 15 is 0 Å². The summed E-state index contributed by atoms with van der Waals surface area (Å²) in [6.45, 7) is 1.78. The van der Waals surface area contributed by atoms with Crippen molar-refractivity contribution in [3.63, 3.8) is 0 Å². The molecule has 1 aromatic carbocycles. The highest BCUT2D eigenvalue weighted by Gasteiger charge is 2.17. The van der Waals surface area contributed by atoms with Crippen molar-refractivity contribution in [3.8, 4) is 0 Å². The molecule has 1 saturated carbocycles. The number of hydrogen-bond donors (Lipinski definition) is 2. The van der Waals surface area contributed by atoms with E-state index in [0.29, 0.717) is 11.7 Å². The lowest BCUT2D eigenvalue weighted by Crippen LogP contribution is -2.19. The summed E-state index contributed by atoms with van der Waals surface area (Å²) in [7, 11) is -3.60. The number of sulfonamides is 1. The van der Waals surface area contributed by atoms with Crippen molar-refractivity contribution in [1.82, 2.24) is 4.98 Å². The highest BCUT2D eigenvalue weighted by molar-refractivity contribution is 7.92. The molecule has 1 fully saturated rings. The van der Waals surface area contributed by atoms with E-state index in [1.165, 1.54) is 38.5 Å². The number of benzene rings is 1. The average molecular weight is 359 g/mol. The Morgan fingerprint density at radius 3 is 2.36 bits per heavy atom. The molecule has 0 radical (unpaired) electrons.